The average molecular weight is 337 g/mol. The van der Waals surface area contributed by atoms with Gasteiger partial charge in [0.05, 0.1) is 5.56 Å². The fourth-order valence-electron chi connectivity index (χ4n) is 1.98. The highest BCUT2D eigenvalue weighted by atomic mass is 32.2. The number of rotatable bonds is 3. The van der Waals surface area contributed by atoms with Crippen molar-refractivity contribution in [3.63, 3.8) is 0 Å². The van der Waals surface area contributed by atoms with Gasteiger partial charge in [-0.2, -0.15) is 16.1 Å². The van der Waals surface area contributed by atoms with Gasteiger partial charge in [-0.05, 0) is 24.3 Å². The van der Waals surface area contributed by atoms with Crippen molar-refractivity contribution in [2.45, 2.75) is 11.3 Å². The van der Waals surface area contributed by atoms with Gasteiger partial charge in [-0.15, -0.1) is 0 Å². The zero-order valence-corrected chi connectivity index (χ0v) is 12.5. The second-order valence-corrected chi connectivity index (χ2v) is 7.58. The Bertz CT molecular complexity index is 655. The minimum atomic E-state index is -4.25. The van der Waals surface area contributed by atoms with Crippen molar-refractivity contribution in [1.82, 2.24) is 4.31 Å². The first-order valence-corrected chi connectivity index (χ1v) is 8.73. The van der Waals surface area contributed by atoms with Gasteiger partial charge in [0.25, 0.3) is 0 Å². The molecule has 1 fully saturated rings. The van der Waals surface area contributed by atoms with E-state index in [0.717, 1.165) is 10.1 Å². The van der Waals surface area contributed by atoms with Gasteiger partial charge in [-0.1, -0.05) is 0 Å². The van der Waals surface area contributed by atoms with Crippen molar-refractivity contribution in [3.05, 3.63) is 29.3 Å². The van der Waals surface area contributed by atoms with Gasteiger partial charge >= 0.3 is 5.97 Å². The zero-order valence-electron chi connectivity index (χ0n) is 10.9. The number of carbonyl (C=O) groups is 1. The van der Waals surface area contributed by atoms with E-state index >= 15 is 0 Å². The molecule has 0 unspecified atom stereocenters. The predicted octanol–water partition coefficient (Wildman–Crippen LogP) is 1.79. The summed E-state index contributed by atoms with van der Waals surface area (Å²) >= 11 is 1.58. The first kappa shape index (κ1) is 16.2. The summed E-state index contributed by atoms with van der Waals surface area (Å²) in [5.74, 6) is -3.20. The maximum absolute atomic E-state index is 13.8. The molecule has 0 aromatic heterocycles. The topological polar surface area (TPSA) is 74.7 Å². The molecule has 1 N–H and O–H groups in total. The molecule has 2 rings (SSSR count). The van der Waals surface area contributed by atoms with Crippen LogP contribution in [-0.2, 0) is 10.0 Å². The van der Waals surface area contributed by atoms with Crippen LogP contribution in [0, 0.1) is 11.6 Å². The standard InChI is InChI=1S/C12H13F2NO4S2/c13-9-6-8(12(16)17)7-10(11(9)14)21(18,19)15-2-1-4-20-5-3-15/h6-7H,1-5H2,(H,16,17). The van der Waals surface area contributed by atoms with Crippen LogP contribution in [0.4, 0.5) is 8.78 Å². The van der Waals surface area contributed by atoms with E-state index in [9.17, 15) is 22.0 Å². The number of nitrogens with zero attached hydrogens (tertiary/aromatic N) is 1. The van der Waals surface area contributed by atoms with Gasteiger partial charge in [0.2, 0.25) is 10.0 Å². The van der Waals surface area contributed by atoms with E-state index in [4.69, 9.17) is 5.11 Å². The van der Waals surface area contributed by atoms with Crippen LogP contribution in [0.25, 0.3) is 0 Å². The summed E-state index contributed by atoms with van der Waals surface area (Å²) in [7, 11) is -4.25. The van der Waals surface area contributed by atoms with Crippen LogP contribution in [0.2, 0.25) is 0 Å². The average Bonchev–Trinajstić information content (AvgIpc) is 2.70. The number of sulfonamides is 1. The molecule has 0 bridgehead atoms. The van der Waals surface area contributed by atoms with E-state index in [1.807, 2.05) is 0 Å². The van der Waals surface area contributed by atoms with Crippen LogP contribution in [-0.4, -0.2) is 48.4 Å². The fourth-order valence-corrected chi connectivity index (χ4v) is 4.56. The number of hydrogen-bond acceptors (Lipinski definition) is 4. The van der Waals surface area contributed by atoms with Gasteiger partial charge in [0.1, 0.15) is 4.90 Å². The molecule has 0 radical (unpaired) electrons. The lowest BCUT2D eigenvalue weighted by molar-refractivity contribution is 0.0696. The molecule has 5 nitrogen and oxygen atoms in total. The molecule has 1 saturated heterocycles. The molecular weight excluding hydrogens is 324 g/mol. The smallest absolute Gasteiger partial charge is 0.335 e. The summed E-state index contributed by atoms with van der Waals surface area (Å²) < 4.78 is 53.1. The van der Waals surface area contributed by atoms with Crippen molar-refractivity contribution < 1.29 is 27.1 Å². The van der Waals surface area contributed by atoms with E-state index in [2.05, 4.69) is 0 Å². The Morgan fingerprint density at radius 3 is 2.62 bits per heavy atom. The molecule has 0 aliphatic carbocycles. The SMILES string of the molecule is O=C(O)c1cc(F)c(F)c(S(=O)(=O)N2CCCSCC2)c1. The summed E-state index contributed by atoms with van der Waals surface area (Å²) in [6, 6.07) is 1.13. The number of halogens is 2. The van der Waals surface area contributed by atoms with Crippen LogP contribution >= 0.6 is 11.8 Å². The Morgan fingerprint density at radius 2 is 1.95 bits per heavy atom. The predicted molar refractivity (Wildman–Crippen MR) is 74.0 cm³/mol. The zero-order chi connectivity index (χ0) is 15.6. The van der Waals surface area contributed by atoms with Crippen molar-refractivity contribution >= 4 is 27.8 Å². The van der Waals surface area contributed by atoms with Gasteiger partial charge in [0, 0.05) is 18.8 Å². The molecule has 0 amide bonds. The van der Waals surface area contributed by atoms with E-state index in [-0.39, 0.29) is 13.1 Å². The molecular formula is C12H13F2NO4S2. The largest absolute Gasteiger partial charge is 0.478 e. The monoisotopic (exact) mass is 337 g/mol. The fraction of sp³-hybridized carbons (Fsp3) is 0.417. The molecule has 0 atom stereocenters. The molecule has 0 spiro atoms. The Balaban J connectivity index is 2.50. The lowest BCUT2D eigenvalue weighted by Crippen LogP contribution is -2.33. The van der Waals surface area contributed by atoms with E-state index in [0.29, 0.717) is 24.3 Å². The number of carboxylic acid groups (broad SMARTS) is 1. The third-order valence-corrected chi connectivity index (χ3v) is 5.99. The van der Waals surface area contributed by atoms with Crippen LogP contribution in [0.3, 0.4) is 0 Å². The maximum Gasteiger partial charge on any atom is 0.335 e. The number of carboxylic acids is 1. The van der Waals surface area contributed by atoms with Crippen LogP contribution in [0.5, 0.6) is 0 Å². The summed E-state index contributed by atoms with van der Waals surface area (Å²) in [5.41, 5.74) is -0.600. The number of benzene rings is 1. The van der Waals surface area contributed by atoms with Gasteiger partial charge in [0.15, 0.2) is 11.6 Å². The lowest BCUT2D eigenvalue weighted by Gasteiger charge is -2.20. The highest BCUT2D eigenvalue weighted by Crippen LogP contribution is 2.25. The van der Waals surface area contributed by atoms with Gasteiger partial charge in [-0.3, -0.25) is 0 Å². The van der Waals surface area contributed by atoms with Crippen LogP contribution in [0.1, 0.15) is 16.8 Å². The highest BCUT2D eigenvalue weighted by molar-refractivity contribution is 7.99. The Morgan fingerprint density at radius 1 is 1.24 bits per heavy atom. The minimum Gasteiger partial charge on any atom is -0.478 e. The van der Waals surface area contributed by atoms with E-state index in [1.165, 1.54) is 0 Å². The summed E-state index contributed by atoms with van der Waals surface area (Å²) in [6.45, 7) is 0.388. The third-order valence-electron chi connectivity index (χ3n) is 3.04. The van der Waals surface area contributed by atoms with Crippen LogP contribution < -0.4 is 0 Å². The number of hydrogen-bond donors (Lipinski definition) is 1. The van der Waals surface area contributed by atoms with Crippen molar-refractivity contribution in [2.75, 3.05) is 24.6 Å². The minimum absolute atomic E-state index is 0.186. The maximum atomic E-state index is 13.8. The van der Waals surface area contributed by atoms with E-state index < -0.39 is 38.1 Å². The Kier molecular flexibility index (Phi) is 4.84. The normalized spacial score (nSPS) is 17.4. The molecule has 1 aliphatic heterocycles. The lowest BCUT2D eigenvalue weighted by atomic mass is 10.2. The third kappa shape index (κ3) is 3.35. The molecule has 1 heterocycles. The van der Waals surface area contributed by atoms with Crippen molar-refractivity contribution in [2.24, 2.45) is 0 Å². The summed E-state index contributed by atoms with van der Waals surface area (Å²) in [4.78, 5) is 9.95. The quantitative estimate of drug-likeness (QED) is 0.910. The van der Waals surface area contributed by atoms with Crippen LogP contribution in [0.15, 0.2) is 17.0 Å². The summed E-state index contributed by atoms with van der Waals surface area (Å²) in [6.07, 6.45) is 0.604. The van der Waals surface area contributed by atoms with Crippen molar-refractivity contribution in [3.8, 4) is 0 Å². The molecule has 1 aromatic carbocycles. The van der Waals surface area contributed by atoms with E-state index in [1.54, 1.807) is 11.8 Å². The second-order valence-electron chi connectivity index (χ2n) is 4.45. The number of thioether (sulfide) groups is 1. The molecule has 9 heteroatoms. The Labute approximate surface area is 125 Å². The molecule has 21 heavy (non-hydrogen) atoms. The second kappa shape index (κ2) is 6.29. The molecule has 1 aromatic rings. The first-order chi connectivity index (χ1) is 9.84. The van der Waals surface area contributed by atoms with Crippen molar-refractivity contribution in [1.29, 1.82) is 0 Å². The Hall–Kier alpha value is -1.19. The summed E-state index contributed by atoms with van der Waals surface area (Å²) in [5, 5.41) is 8.84. The molecule has 1 aliphatic rings. The molecule has 0 saturated carbocycles. The molecule has 116 valence electrons. The first-order valence-electron chi connectivity index (χ1n) is 6.14. The number of aromatic carboxylic acids is 1. The highest BCUT2D eigenvalue weighted by Gasteiger charge is 2.30. The van der Waals surface area contributed by atoms with Gasteiger partial charge in [-0.25, -0.2) is 22.0 Å². The van der Waals surface area contributed by atoms with Gasteiger partial charge < -0.3 is 5.11 Å².